The number of nitrogens with one attached hydrogen (secondary N) is 1. The number of hydrogen-bond donors (Lipinski definition) is 1. The summed E-state index contributed by atoms with van der Waals surface area (Å²) in [6.07, 6.45) is 0. The lowest BCUT2D eigenvalue weighted by Gasteiger charge is -2.35. The topological polar surface area (TPSA) is 108 Å². The molecule has 2 aromatic carbocycles. The van der Waals surface area contributed by atoms with Crippen molar-refractivity contribution < 1.29 is 28.7 Å². The van der Waals surface area contributed by atoms with Gasteiger partial charge in [-0.2, -0.15) is 0 Å². The molecule has 3 rings (SSSR count). The third-order valence-electron chi connectivity index (χ3n) is 5.56. The van der Waals surface area contributed by atoms with Crippen LogP contribution in [0.2, 0.25) is 0 Å². The number of methoxy groups -OCH3 is 2. The molecule has 0 aromatic heterocycles. The SMILES string of the molecule is COC(=O)c1cc(NC(=O)N2CCN(CC(=O)N(C)c3ccccc3)CC2)cc(C(=O)OC)c1. The molecule has 0 unspecified atom stereocenters. The second kappa shape index (κ2) is 11.3. The summed E-state index contributed by atoms with van der Waals surface area (Å²) < 4.78 is 9.44. The molecule has 0 radical (unpaired) electrons. The fourth-order valence-electron chi connectivity index (χ4n) is 3.58. The molecule has 180 valence electrons. The van der Waals surface area contributed by atoms with Gasteiger partial charge in [-0.1, -0.05) is 18.2 Å². The molecule has 0 saturated carbocycles. The van der Waals surface area contributed by atoms with Crippen LogP contribution >= 0.6 is 0 Å². The number of ether oxygens (including phenoxy) is 2. The quantitative estimate of drug-likeness (QED) is 0.647. The van der Waals surface area contributed by atoms with Crippen molar-refractivity contribution in [3.63, 3.8) is 0 Å². The molecule has 1 aliphatic heterocycles. The Kier molecular flexibility index (Phi) is 8.20. The first kappa shape index (κ1) is 24.7. The number of para-hydroxylation sites is 1. The Balaban J connectivity index is 1.58. The highest BCUT2D eigenvalue weighted by atomic mass is 16.5. The van der Waals surface area contributed by atoms with E-state index in [-0.39, 0.29) is 35.3 Å². The minimum absolute atomic E-state index is 0.0286. The Morgan fingerprint density at radius 3 is 1.97 bits per heavy atom. The Hall–Kier alpha value is -3.92. The maximum Gasteiger partial charge on any atom is 0.337 e. The fraction of sp³-hybridized carbons (Fsp3) is 0.333. The monoisotopic (exact) mass is 468 g/mol. The van der Waals surface area contributed by atoms with Gasteiger partial charge in [-0.05, 0) is 30.3 Å². The number of nitrogens with zero attached hydrogens (tertiary/aromatic N) is 3. The van der Waals surface area contributed by atoms with Crippen LogP contribution in [0, 0.1) is 0 Å². The number of hydrogen-bond acceptors (Lipinski definition) is 7. The zero-order valence-electron chi connectivity index (χ0n) is 19.4. The molecule has 1 saturated heterocycles. The van der Waals surface area contributed by atoms with Crippen molar-refractivity contribution in [2.75, 3.05) is 64.2 Å². The van der Waals surface area contributed by atoms with Gasteiger partial charge in [0.15, 0.2) is 0 Å². The van der Waals surface area contributed by atoms with Crippen molar-refractivity contribution in [3.8, 4) is 0 Å². The summed E-state index contributed by atoms with van der Waals surface area (Å²) >= 11 is 0. The first-order chi connectivity index (χ1) is 16.3. The van der Waals surface area contributed by atoms with Crippen LogP contribution in [0.5, 0.6) is 0 Å². The number of carbonyl (C=O) groups excluding carboxylic acids is 4. The summed E-state index contributed by atoms with van der Waals surface area (Å²) in [5.74, 6) is -1.31. The molecule has 1 aliphatic rings. The van der Waals surface area contributed by atoms with Gasteiger partial charge in [0, 0.05) is 44.6 Å². The number of carbonyl (C=O) groups is 4. The predicted octanol–water partition coefficient (Wildman–Crippen LogP) is 2.07. The first-order valence-electron chi connectivity index (χ1n) is 10.7. The Bertz CT molecular complexity index is 1020. The third kappa shape index (κ3) is 6.10. The van der Waals surface area contributed by atoms with Crippen LogP contribution in [-0.4, -0.2) is 87.7 Å². The lowest BCUT2D eigenvalue weighted by molar-refractivity contribution is -0.119. The van der Waals surface area contributed by atoms with Crippen LogP contribution in [0.1, 0.15) is 20.7 Å². The number of rotatable bonds is 6. The fourth-order valence-corrected chi connectivity index (χ4v) is 3.58. The van der Waals surface area contributed by atoms with E-state index in [9.17, 15) is 19.2 Å². The van der Waals surface area contributed by atoms with E-state index >= 15 is 0 Å². The van der Waals surface area contributed by atoms with Gasteiger partial charge in [-0.25, -0.2) is 14.4 Å². The van der Waals surface area contributed by atoms with Gasteiger partial charge in [-0.15, -0.1) is 0 Å². The average molecular weight is 469 g/mol. The zero-order chi connectivity index (χ0) is 24.7. The molecule has 0 bridgehead atoms. The van der Waals surface area contributed by atoms with Crippen LogP contribution < -0.4 is 10.2 Å². The number of urea groups is 1. The Morgan fingerprint density at radius 2 is 1.44 bits per heavy atom. The van der Waals surface area contributed by atoms with E-state index in [1.165, 1.54) is 32.4 Å². The maximum atomic E-state index is 12.8. The van der Waals surface area contributed by atoms with Crippen molar-refractivity contribution in [1.29, 1.82) is 0 Å². The zero-order valence-corrected chi connectivity index (χ0v) is 19.4. The van der Waals surface area contributed by atoms with E-state index in [1.807, 2.05) is 35.2 Å². The summed E-state index contributed by atoms with van der Waals surface area (Å²) in [6, 6.07) is 13.3. The Morgan fingerprint density at radius 1 is 0.882 bits per heavy atom. The van der Waals surface area contributed by atoms with Crippen LogP contribution in [0.4, 0.5) is 16.2 Å². The largest absolute Gasteiger partial charge is 0.465 e. The molecule has 34 heavy (non-hydrogen) atoms. The predicted molar refractivity (Wildman–Crippen MR) is 126 cm³/mol. The number of benzene rings is 2. The molecule has 1 heterocycles. The van der Waals surface area contributed by atoms with Crippen molar-refractivity contribution in [2.24, 2.45) is 0 Å². The van der Waals surface area contributed by atoms with Gasteiger partial charge in [0.1, 0.15) is 0 Å². The van der Waals surface area contributed by atoms with Gasteiger partial charge in [0.05, 0.1) is 31.9 Å². The van der Waals surface area contributed by atoms with Crippen molar-refractivity contribution in [3.05, 3.63) is 59.7 Å². The molecule has 1 N–H and O–H groups in total. The molecule has 0 spiro atoms. The number of likely N-dealkylation sites (N-methyl/N-ethyl adjacent to an activating group) is 1. The summed E-state index contributed by atoms with van der Waals surface area (Å²) in [5, 5.41) is 2.72. The van der Waals surface area contributed by atoms with E-state index < -0.39 is 11.9 Å². The second-order valence-corrected chi connectivity index (χ2v) is 7.76. The number of esters is 2. The van der Waals surface area contributed by atoms with E-state index in [0.717, 1.165) is 5.69 Å². The van der Waals surface area contributed by atoms with Crippen molar-refractivity contribution in [2.45, 2.75) is 0 Å². The normalized spacial score (nSPS) is 13.7. The molecule has 10 nitrogen and oxygen atoms in total. The van der Waals surface area contributed by atoms with Crippen LogP contribution in [0.3, 0.4) is 0 Å². The molecule has 0 aliphatic carbocycles. The van der Waals surface area contributed by atoms with Crippen molar-refractivity contribution in [1.82, 2.24) is 9.80 Å². The van der Waals surface area contributed by atoms with E-state index in [0.29, 0.717) is 26.2 Å². The van der Waals surface area contributed by atoms with Gasteiger partial charge >= 0.3 is 18.0 Å². The smallest absolute Gasteiger partial charge is 0.337 e. The summed E-state index contributed by atoms with van der Waals surface area (Å²) in [5.41, 5.74) is 1.33. The molecule has 2 aromatic rings. The molecule has 0 atom stereocenters. The first-order valence-corrected chi connectivity index (χ1v) is 10.7. The highest BCUT2D eigenvalue weighted by molar-refractivity contribution is 5.99. The van der Waals surface area contributed by atoms with Crippen molar-refractivity contribution >= 4 is 35.3 Å². The highest BCUT2D eigenvalue weighted by Gasteiger charge is 2.24. The summed E-state index contributed by atoms with van der Waals surface area (Å²) in [6.45, 7) is 2.18. The minimum Gasteiger partial charge on any atom is -0.465 e. The minimum atomic E-state index is -0.639. The van der Waals surface area contributed by atoms with Gasteiger partial charge in [0.25, 0.3) is 0 Å². The number of piperazine rings is 1. The lowest BCUT2D eigenvalue weighted by atomic mass is 10.1. The summed E-state index contributed by atoms with van der Waals surface area (Å²) in [7, 11) is 4.20. The second-order valence-electron chi connectivity index (χ2n) is 7.76. The van der Waals surface area contributed by atoms with E-state index in [1.54, 1.807) is 16.8 Å². The van der Waals surface area contributed by atoms with E-state index in [2.05, 4.69) is 5.32 Å². The lowest BCUT2D eigenvalue weighted by Crippen LogP contribution is -2.52. The number of amides is 3. The van der Waals surface area contributed by atoms with E-state index in [4.69, 9.17) is 9.47 Å². The molecule has 10 heteroatoms. The molecular weight excluding hydrogens is 440 g/mol. The molecule has 3 amide bonds. The van der Waals surface area contributed by atoms with Crippen LogP contribution in [-0.2, 0) is 14.3 Å². The summed E-state index contributed by atoms with van der Waals surface area (Å²) in [4.78, 5) is 54.5. The van der Waals surface area contributed by atoms with Gasteiger partial charge < -0.3 is 24.6 Å². The third-order valence-corrected chi connectivity index (χ3v) is 5.56. The van der Waals surface area contributed by atoms with Crippen LogP contribution in [0.15, 0.2) is 48.5 Å². The molecular formula is C24H28N4O6. The van der Waals surface area contributed by atoms with Crippen LogP contribution in [0.25, 0.3) is 0 Å². The van der Waals surface area contributed by atoms with Gasteiger partial charge in [-0.3, -0.25) is 9.69 Å². The highest BCUT2D eigenvalue weighted by Crippen LogP contribution is 2.18. The standard InChI is InChI=1S/C24H28N4O6/c1-26(20-7-5-4-6-8-20)21(29)16-27-9-11-28(12-10-27)24(32)25-19-14-17(22(30)33-2)13-18(15-19)23(31)34-3/h4-8,13-15H,9-12,16H2,1-3H3,(H,25,32). The number of anilines is 2. The Labute approximate surface area is 198 Å². The average Bonchev–Trinajstić information content (AvgIpc) is 2.87. The maximum absolute atomic E-state index is 12.8. The van der Waals surface area contributed by atoms with Gasteiger partial charge in [0.2, 0.25) is 5.91 Å². The molecule has 1 fully saturated rings.